The first-order valence-corrected chi connectivity index (χ1v) is 2.77. The van der Waals surface area contributed by atoms with Gasteiger partial charge in [-0.05, 0) is 0 Å². The van der Waals surface area contributed by atoms with Gasteiger partial charge in [0.25, 0.3) is 0 Å². The summed E-state index contributed by atoms with van der Waals surface area (Å²) < 4.78 is 9.90. The van der Waals surface area contributed by atoms with E-state index >= 15 is 0 Å². The molecule has 1 saturated heterocycles. The van der Waals surface area contributed by atoms with E-state index in [1.807, 2.05) is 0 Å². The van der Waals surface area contributed by atoms with Crippen LogP contribution in [0, 0.1) is 0 Å². The quantitative estimate of drug-likeness (QED) is 0.400. The van der Waals surface area contributed by atoms with Gasteiger partial charge in [0.2, 0.25) is 0 Å². The molecule has 0 aromatic carbocycles. The second-order valence-corrected chi connectivity index (χ2v) is 1.97. The highest BCUT2D eigenvalue weighted by Gasteiger charge is 2.12. The Labute approximate surface area is 49.3 Å². The van der Waals surface area contributed by atoms with E-state index in [9.17, 15) is 9.00 Å². The van der Waals surface area contributed by atoms with Crippen LogP contribution in [0.15, 0.2) is 0 Å². The van der Waals surface area contributed by atoms with Crippen LogP contribution in [-0.4, -0.2) is 21.8 Å². The predicted molar refractivity (Wildman–Crippen MR) is 29.7 cm³/mol. The Balaban J connectivity index is 2.70. The van der Waals surface area contributed by atoms with Crippen molar-refractivity contribution in [2.45, 2.75) is 0 Å². The van der Waals surface area contributed by atoms with Crippen molar-refractivity contribution in [3.8, 4) is 0 Å². The Kier molecular flexibility index (Phi) is 1.29. The first kappa shape index (κ1) is 5.30. The molecule has 0 aromatic heterocycles. The Bertz CT molecular complexity index is 172. The number of nitrogens with one attached hydrogen (secondary N) is 2. The second-order valence-electron chi connectivity index (χ2n) is 1.31. The molecule has 8 heavy (non-hydrogen) atoms. The molecular formula is C3H4N2O2S. The van der Waals surface area contributed by atoms with Crippen LogP contribution in [0.2, 0.25) is 0 Å². The summed E-state index contributed by atoms with van der Waals surface area (Å²) in [5, 5.41) is 4.73. The van der Waals surface area contributed by atoms with Crippen molar-refractivity contribution in [2.75, 3.05) is 6.54 Å². The van der Waals surface area contributed by atoms with Gasteiger partial charge in [0, 0.05) is 0 Å². The molecule has 2 amide bonds. The van der Waals surface area contributed by atoms with Gasteiger partial charge in [-0.25, -0.2) is 9.00 Å². The lowest BCUT2D eigenvalue weighted by Crippen LogP contribution is -2.22. The fraction of sp³-hybridized carbons (Fsp3) is 0.333. The lowest BCUT2D eigenvalue weighted by molar-refractivity contribution is 0.249. The number of hydrogen-bond acceptors (Lipinski definition) is 2. The number of rotatable bonds is 0. The molecule has 1 aliphatic rings. The zero-order chi connectivity index (χ0) is 5.98. The molecule has 0 aliphatic carbocycles. The summed E-state index contributed by atoms with van der Waals surface area (Å²) >= 11 is 0.308. The molecule has 4 nitrogen and oxygen atoms in total. The Morgan fingerprint density at radius 2 is 2.38 bits per heavy atom. The van der Waals surface area contributed by atoms with E-state index in [4.69, 9.17) is 0 Å². The predicted octanol–water partition coefficient (Wildman–Crippen LogP) is -1.36. The SMILES string of the molecule is O=S=C1CNC(=O)N1. The monoisotopic (exact) mass is 132 g/mol. The van der Waals surface area contributed by atoms with Gasteiger partial charge >= 0.3 is 6.03 Å². The topological polar surface area (TPSA) is 58.2 Å². The van der Waals surface area contributed by atoms with E-state index in [0.717, 1.165) is 0 Å². The summed E-state index contributed by atoms with van der Waals surface area (Å²) in [5.74, 6) is 0. The molecule has 2 N–H and O–H groups in total. The molecule has 0 saturated carbocycles. The highest BCUT2D eigenvalue weighted by Crippen LogP contribution is 1.75. The molecule has 0 atom stereocenters. The average Bonchev–Trinajstić information content (AvgIpc) is 2.14. The van der Waals surface area contributed by atoms with Crippen LogP contribution in [0.1, 0.15) is 0 Å². The van der Waals surface area contributed by atoms with Crippen LogP contribution in [-0.2, 0) is 11.3 Å². The van der Waals surface area contributed by atoms with Crippen LogP contribution in [0.4, 0.5) is 4.79 Å². The van der Waals surface area contributed by atoms with Crippen LogP contribution >= 0.6 is 0 Å². The molecule has 0 bridgehead atoms. The van der Waals surface area contributed by atoms with Crippen LogP contribution in [0.5, 0.6) is 0 Å². The molecule has 5 heteroatoms. The van der Waals surface area contributed by atoms with E-state index < -0.39 is 0 Å². The van der Waals surface area contributed by atoms with E-state index in [0.29, 0.717) is 22.8 Å². The summed E-state index contributed by atoms with van der Waals surface area (Å²) in [5.41, 5.74) is 0. The van der Waals surface area contributed by atoms with E-state index in [1.54, 1.807) is 0 Å². The number of hydrogen-bond donors (Lipinski definition) is 2. The third-order valence-electron chi connectivity index (χ3n) is 0.763. The highest BCUT2D eigenvalue weighted by molar-refractivity contribution is 7.66. The number of amides is 2. The van der Waals surface area contributed by atoms with Crippen molar-refractivity contribution in [3.05, 3.63) is 0 Å². The summed E-state index contributed by atoms with van der Waals surface area (Å²) in [6.45, 7) is 0.354. The fourth-order valence-electron chi connectivity index (χ4n) is 0.426. The summed E-state index contributed by atoms with van der Waals surface area (Å²) in [6, 6.07) is -0.289. The maximum Gasteiger partial charge on any atom is 0.320 e. The van der Waals surface area contributed by atoms with Gasteiger partial charge in [0.05, 0.1) is 6.54 Å². The van der Waals surface area contributed by atoms with Crippen molar-refractivity contribution in [2.24, 2.45) is 0 Å². The number of carbonyl (C=O) groups is 1. The van der Waals surface area contributed by atoms with Gasteiger partial charge in [-0.3, -0.25) is 5.32 Å². The van der Waals surface area contributed by atoms with E-state index in [2.05, 4.69) is 10.6 Å². The smallest absolute Gasteiger partial charge is 0.320 e. The molecular weight excluding hydrogens is 128 g/mol. The standard InChI is InChI=1S/C3H4N2O2S/c6-3-4-1-2(5-3)8-7/h1H2,(H2,4,5,6). The van der Waals surface area contributed by atoms with E-state index in [-0.39, 0.29) is 6.03 Å². The molecule has 1 heterocycles. The maximum atomic E-state index is 10.2. The van der Waals surface area contributed by atoms with Gasteiger partial charge in [0.1, 0.15) is 16.2 Å². The van der Waals surface area contributed by atoms with Crippen molar-refractivity contribution in [1.29, 1.82) is 0 Å². The average molecular weight is 132 g/mol. The Morgan fingerprint density at radius 3 is 2.62 bits per heavy atom. The summed E-state index contributed by atoms with van der Waals surface area (Å²) in [7, 11) is 0. The van der Waals surface area contributed by atoms with Crippen LogP contribution < -0.4 is 10.6 Å². The van der Waals surface area contributed by atoms with Gasteiger partial charge in [-0.2, -0.15) is 0 Å². The largest absolute Gasteiger partial charge is 0.331 e. The third-order valence-corrected chi connectivity index (χ3v) is 1.21. The van der Waals surface area contributed by atoms with Crippen LogP contribution in [0.25, 0.3) is 0 Å². The number of carbonyl (C=O) groups excluding carboxylic acids is 1. The second kappa shape index (κ2) is 1.95. The Morgan fingerprint density at radius 1 is 1.62 bits per heavy atom. The van der Waals surface area contributed by atoms with Gasteiger partial charge in [0.15, 0.2) is 0 Å². The molecule has 1 aliphatic heterocycles. The third kappa shape index (κ3) is 0.865. The molecule has 0 radical (unpaired) electrons. The first-order valence-electron chi connectivity index (χ1n) is 2.03. The van der Waals surface area contributed by atoms with Gasteiger partial charge in [-0.1, -0.05) is 0 Å². The Hall–Kier alpha value is -0.840. The normalized spacial score (nSPS) is 17.5. The lowest BCUT2D eigenvalue weighted by atomic mass is 10.7. The minimum absolute atomic E-state index is 0.289. The molecule has 1 rings (SSSR count). The molecule has 0 spiro atoms. The minimum Gasteiger partial charge on any atom is -0.331 e. The zero-order valence-corrected chi connectivity index (χ0v) is 4.75. The molecule has 1 fully saturated rings. The molecule has 44 valence electrons. The molecule has 0 unspecified atom stereocenters. The highest BCUT2D eigenvalue weighted by atomic mass is 32.1. The lowest BCUT2D eigenvalue weighted by Gasteiger charge is -1.80. The summed E-state index contributed by atoms with van der Waals surface area (Å²) in [6.07, 6.45) is 0. The van der Waals surface area contributed by atoms with Gasteiger partial charge < -0.3 is 5.32 Å². The maximum absolute atomic E-state index is 10.2. The number of urea groups is 1. The van der Waals surface area contributed by atoms with E-state index in [1.165, 1.54) is 0 Å². The van der Waals surface area contributed by atoms with Crippen molar-refractivity contribution in [3.63, 3.8) is 0 Å². The minimum atomic E-state index is -0.289. The van der Waals surface area contributed by atoms with Crippen molar-refractivity contribution < 1.29 is 9.00 Å². The summed E-state index contributed by atoms with van der Waals surface area (Å²) in [4.78, 5) is 10.7. The zero-order valence-electron chi connectivity index (χ0n) is 3.93. The van der Waals surface area contributed by atoms with Crippen LogP contribution in [0.3, 0.4) is 0 Å². The van der Waals surface area contributed by atoms with Crippen molar-refractivity contribution in [1.82, 2.24) is 10.6 Å². The van der Waals surface area contributed by atoms with Crippen molar-refractivity contribution >= 4 is 22.3 Å². The first-order chi connectivity index (χ1) is 3.83. The molecule has 0 aromatic rings. The fourth-order valence-corrected chi connectivity index (χ4v) is 0.691. The van der Waals surface area contributed by atoms with Gasteiger partial charge in [-0.15, -0.1) is 0 Å².